The van der Waals surface area contributed by atoms with Gasteiger partial charge >= 0.3 is 12.3 Å². The maximum absolute atomic E-state index is 13.0. The van der Waals surface area contributed by atoms with Crippen molar-refractivity contribution >= 4 is 17.5 Å². The summed E-state index contributed by atoms with van der Waals surface area (Å²) in [6, 6.07) is 6.32. The lowest BCUT2D eigenvalue weighted by Gasteiger charge is -2.25. The molecule has 0 spiro atoms. The summed E-state index contributed by atoms with van der Waals surface area (Å²) in [5.74, 6) is -6.58. The van der Waals surface area contributed by atoms with Gasteiger partial charge in [0.05, 0.1) is 0 Å². The fourth-order valence-corrected chi connectivity index (χ4v) is 1.66. The largest absolute Gasteiger partial charge is 0.383 e. The minimum absolute atomic E-state index is 0.119. The van der Waals surface area contributed by atoms with Crippen LogP contribution in [-0.4, -0.2) is 29.7 Å². The Balaban J connectivity index is 2.91. The van der Waals surface area contributed by atoms with E-state index in [1.165, 1.54) is 13.0 Å². The molecule has 2 nitrogen and oxygen atoms in total. The first kappa shape index (κ1) is 15.8. The van der Waals surface area contributed by atoms with Crippen LogP contribution in [0.3, 0.4) is 0 Å². The van der Waals surface area contributed by atoms with E-state index in [4.69, 9.17) is 11.6 Å². The molecule has 0 aliphatic carbocycles. The molecule has 0 aromatic heterocycles. The number of nitrogens with zero attached hydrogens (tertiary/aromatic N) is 1. The van der Waals surface area contributed by atoms with E-state index in [0.29, 0.717) is 10.5 Å². The monoisotopic (exact) mass is 297 g/mol. The number of halogens is 5. The third-order valence-electron chi connectivity index (χ3n) is 2.55. The fraction of sp³-hybridized carbons (Fsp3) is 0.417. The summed E-state index contributed by atoms with van der Waals surface area (Å²) >= 11 is 5.83. The van der Waals surface area contributed by atoms with Crippen LogP contribution in [0.2, 0.25) is 5.02 Å². The first-order valence-corrected chi connectivity index (χ1v) is 5.87. The van der Waals surface area contributed by atoms with Gasteiger partial charge in [0.15, 0.2) is 0 Å². The molecule has 0 aliphatic rings. The molecule has 0 saturated heterocycles. The molecule has 0 bridgehead atoms. The summed E-state index contributed by atoms with van der Waals surface area (Å²) in [6.07, 6.45) is -4.03. The SMILES string of the molecule is CCN(Cc1ccccc1Cl)C(=O)C(F)(F)C(F)F. The molecule has 106 valence electrons. The number of carbonyl (C=O) groups excluding carboxylic acids is 1. The quantitative estimate of drug-likeness (QED) is 0.761. The molecule has 0 N–H and O–H groups in total. The lowest BCUT2D eigenvalue weighted by Crippen LogP contribution is -2.47. The molecule has 1 aromatic carbocycles. The zero-order valence-corrected chi connectivity index (χ0v) is 10.8. The minimum Gasteiger partial charge on any atom is -0.333 e. The smallest absolute Gasteiger partial charge is 0.333 e. The second kappa shape index (κ2) is 6.23. The molecule has 1 amide bonds. The van der Waals surface area contributed by atoms with Gasteiger partial charge in [-0.05, 0) is 18.6 Å². The molecule has 1 rings (SSSR count). The van der Waals surface area contributed by atoms with Crippen molar-refractivity contribution in [3.63, 3.8) is 0 Å². The Morgan fingerprint density at radius 1 is 1.37 bits per heavy atom. The topological polar surface area (TPSA) is 20.3 Å². The van der Waals surface area contributed by atoms with Gasteiger partial charge in [-0.25, -0.2) is 8.78 Å². The Labute approximate surface area is 113 Å². The van der Waals surface area contributed by atoms with Crippen molar-refractivity contribution in [2.75, 3.05) is 6.54 Å². The predicted molar refractivity (Wildman–Crippen MR) is 63.5 cm³/mol. The molecule has 0 unspecified atom stereocenters. The highest BCUT2D eigenvalue weighted by atomic mass is 35.5. The van der Waals surface area contributed by atoms with E-state index in [1.54, 1.807) is 18.2 Å². The molecule has 1 aromatic rings. The van der Waals surface area contributed by atoms with Gasteiger partial charge in [-0.1, -0.05) is 29.8 Å². The molecule has 0 aliphatic heterocycles. The second-order valence-electron chi connectivity index (χ2n) is 3.83. The van der Waals surface area contributed by atoms with Gasteiger partial charge in [-0.15, -0.1) is 0 Å². The van der Waals surface area contributed by atoms with E-state index in [-0.39, 0.29) is 18.1 Å². The van der Waals surface area contributed by atoms with Crippen LogP contribution in [0.15, 0.2) is 24.3 Å². The number of hydrogen-bond acceptors (Lipinski definition) is 1. The molecule has 0 fully saturated rings. The Hall–Kier alpha value is -1.30. The van der Waals surface area contributed by atoms with Crippen molar-refractivity contribution < 1.29 is 22.4 Å². The number of benzene rings is 1. The Morgan fingerprint density at radius 3 is 2.42 bits per heavy atom. The van der Waals surface area contributed by atoms with Crippen LogP contribution in [0.25, 0.3) is 0 Å². The van der Waals surface area contributed by atoms with E-state index in [9.17, 15) is 22.4 Å². The molecular formula is C12H12ClF4NO. The van der Waals surface area contributed by atoms with E-state index in [0.717, 1.165) is 0 Å². The fourth-order valence-electron chi connectivity index (χ4n) is 1.46. The maximum Gasteiger partial charge on any atom is 0.383 e. The average Bonchev–Trinajstić information content (AvgIpc) is 2.36. The highest BCUT2D eigenvalue weighted by Crippen LogP contribution is 2.27. The van der Waals surface area contributed by atoms with Crippen molar-refractivity contribution in [1.82, 2.24) is 4.90 Å². The van der Waals surface area contributed by atoms with Crippen LogP contribution < -0.4 is 0 Å². The summed E-state index contributed by atoms with van der Waals surface area (Å²) in [7, 11) is 0. The second-order valence-corrected chi connectivity index (χ2v) is 4.24. The highest BCUT2D eigenvalue weighted by molar-refractivity contribution is 6.31. The van der Waals surface area contributed by atoms with E-state index in [1.807, 2.05) is 0 Å². The van der Waals surface area contributed by atoms with Crippen molar-refractivity contribution in [1.29, 1.82) is 0 Å². The summed E-state index contributed by atoms with van der Waals surface area (Å²) in [4.78, 5) is 12.1. The summed E-state index contributed by atoms with van der Waals surface area (Å²) < 4.78 is 50.3. The normalized spacial score (nSPS) is 11.7. The maximum atomic E-state index is 13.0. The zero-order valence-electron chi connectivity index (χ0n) is 10.0. The van der Waals surface area contributed by atoms with Crippen molar-refractivity contribution in [2.24, 2.45) is 0 Å². The number of hydrogen-bond donors (Lipinski definition) is 0. The highest BCUT2D eigenvalue weighted by Gasteiger charge is 2.50. The average molecular weight is 298 g/mol. The minimum atomic E-state index is -4.68. The van der Waals surface area contributed by atoms with Crippen LogP contribution in [0, 0.1) is 0 Å². The van der Waals surface area contributed by atoms with E-state index in [2.05, 4.69) is 0 Å². The standard InChI is InChI=1S/C12H12ClF4NO/c1-2-18(11(19)12(16,17)10(14)15)7-8-5-3-4-6-9(8)13/h3-6,10H,2,7H2,1H3. The van der Waals surface area contributed by atoms with Crippen LogP contribution in [0.4, 0.5) is 17.6 Å². The molecule has 0 atom stereocenters. The van der Waals surface area contributed by atoms with Gasteiger partial charge in [0.25, 0.3) is 5.91 Å². The van der Waals surface area contributed by atoms with Gasteiger partial charge in [-0.3, -0.25) is 4.79 Å². The number of carbonyl (C=O) groups is 1. The number of amides is 1. The molecular weight excluding hydrogens is 286 g/mol. The van der Waals surface area contributed by atoms with Crippen LogP contribution >= 0.6 is 11.6 Å². The third kappa shape index (κ3) is 3.59. The Kier molecular flexibility index (Phi) is 5.17. The van der Waals surface area contributed by atoms with Crippen molar-refractivity contribution in [2.45, 2.75) is 25.8 Å². The van der Waals surface area contributed by atoms with Crippen LogP contribution in [0.5, 0.6) is 0 Å². The van der Waals surface area contributed by atoms with Crippen LogP contribution in [-0.2, 0) is 11.3 Å². The predicted octanol–water partition coefficient (Wildman–Crippen LogP) is 3.59. The van der Waals surface area contributed by atoms with E-state index >= 15 is 0 Å². The molecule has 19 heavy (non-hydrogen) atoms. The molecule has 0 radical (unpaired) electrons. The molecule has 0 heterocycles. The summed E-state index contributed by atoms with van der Waals surface area (Å²) in [6.45, 7) is 1.07. The van der Waals surface area contributed by atoms with Gasteiger partial charge in [-0.2, -0.15) is 8.78 Å². The zero-order chi connectivity index (χ0) is 14.6. The summed E-state index contributed by atoms with van der Waals surface area (Å²) in [5.41, 5.74) is 0.421. The molecule has 0 saturated carbocycles. The number of rotatable bonds is 5. The van der Waals surface area contributed by atoms with Crippen molar-refractivity contribution in [3.8, 4) is 0 Å². The first-order valence-electron chi connectivity index (χ1n) is 5.49. The molecule has 7 heteroatoms. The van der Waals surface area contributed by atoms with Crippen molar-refractivity contribution in [3.05, 3.63) is 34.9 Å². The van der Waals surface area contributed by atoms with Gasteiger partial charge in [0.1, 0.15) is 0 Å². The van der Waals surface area contributed by atoms with Crippen LogP contribution in [0.1, 0.15) is 12.5 Å². The lowest BCUT2D eigenvalue weighted by atomic mass is 10.2. The Morgan fingerprint density at radius 2 is 1.95 bits per heavy atom. The Bertz CT molecular complexity index is 453. The first-order chi connectivity index (χ1) is 8.80. The van der Waals surface area contributed by atoms with E-state index < -0.39 is 18.3 Å². The van der Waals surface area contributed by atoms with Gasteiger partial charge in [0.2, 0.25) is 0 Å². The van der Waals surface area contributed by atoms with Gasteiger partial charge < -0.3 is 4.90 Å². The van der Waals surface area contributed by atoms with Gasteiger partial charge in [0, 0.05) is 18.1 Å². The number of alkyl halides is 4. The summed E-state index contributed by atoms with van der Waals surface area (Å²) in [5, 5.41) is 0.286. The third-order valence-corrected chi connectivity index (χ3v) is 2.92. The lowest BCUT2D eigenvalue weighted by molar-refractivity contribution is -0.181.